The van der Waals surface area contributed by atoms with E-state index in [2.05, 4.69) is 0 Å². The lowest BCUT2D eigenvalue weighted by Crippen LogP contribution is -2.31. The average Bonchev–Trinajstić information content (AvgIpc) is 3.33. The molecular formula is C27H26N2O5. The lowest BCUT2D eigenvalue weighted by molar-refractivity contribution is -0.139. The van der Waals surface area contributed by atoms with Crippen molar-refractivity contribution >= 4 is 35.1 Å². The second kappa shape index (κ2) is 8.56. The summed E-state index contributed by atoms with van der Waals surface area (Å²) < 4.78 is 5.53. The van der Waals surface area contributed by atoms with E-state index in [4.69, 9.17) is 4.74 Å². The van der Waals surface area contributed by atoms with Crippen molar-refractivity contribution in [3.8, 4) is 5.75 Å². The third-order valence-corrected chi connectivity index (χ3v) is 7.05. The number of anilines is 2. The van der Waals surface area contributed by atoms with Gasteiger partial charge in [-0.3, -0.25) is 24.1 Å². The van der Waals surface area contributed by atoms with E-state index in [0.29, 0.717) is 17.9 Å². The first-order valence-electron chi connectivity index (χ1n) is 11.6. The van der Waals surface area contributed by atoms with Gasteiger partial charge in [-0.05, 0) is 55.2 Å². The molecule has 0 N–H and O–H groups in total. The average molecular weight is 459 g/mol. The van der Waals surface area contributed by atoms with Crippen molar-refractivity contribution in [3.05, 3.63) is 66.2 Å². The van der Waals surface area contributed by atoms with Crippen LogP contribution in [0.1, 0.15) is 25.3 Å². The molecule has 34 heavy (non-hydrogen) atoms. The molecule has 0 unspecified atom stereocenters. The summed E-state index contributed by atoms with van der Waals surface area (Å²) in [7, 11) is 0. The topological polar surface area (TPSA) is 84.0 Å². The summed E-state index contributed by atoms with van der Waals surface area (Å²) in [5.74, 6) is -1.83. The van der Waals surface area contributed by atoms with Crippen molar-refractivity contribution in [2.24, 2.45) is 23.7 Å². The maximum Gasteiger partial charge on any atom is 0.316 e. The van der Waals surface area contributed by atoms with Crippen LogP contribution in [0.4, 0.5) is 11.4 Å². The van der Waals surface area contributed by atoms with E-state index >= 15 is 0 Å². The summed E-state index contributed by atoms with van der Waals surface area (Å²) in [4.78, 5) is 54.0. The number of esters is 1. The normalized spacial score (nSPS) is 26.2. The SMILES string of the molecule is Cc1ccccc1N1C[C@H](C(=O)Oc2ccc(N3C(=O)[C@H]4[C@@H](C)C=CC[C@H]4C3=O)cc2)CC1=O. The summed E-state index contributed by atoms with van der Waals surface area (Å²) in [6.45, 7) is 4.16. The van der Waals surface area contributed by atoms with Crippen LogP contribution in [0.3, 0.4) is 0 Å². The minimum absolute atomic E-state index is 0.0220. The van der Waals surface area contributed by atoms with Crippen LogP contribution in [0.5, 0.6) is 5.75 Å². The number of allylic oxidation sites excluding steroid dienone is 2. The van der Waals surface area contributed by atoms with Crippen LogP contribution in [0.2, 0.25) is 0 Å². The lowest BCUT2D eigenvalue weighted by Gasteiger charge is -2.22. The van der Waals surface area contributed by atoms with E-state index < -0.39 is 11.9 Å². The molecule has 7 nitrogen and oxygen atoms in total. The predicted molar refractivity (Wildman–Crippen MR) is 126 cm³/mol. The summed E-state index contributed by atoms with van der Waals surface area (Å²) in [5.41, 5.74) is 2.24. The lowest BCUT2D eigenvalue weighted by atomic mass is 9.78. The van der Waals surface area contributed by atoms with Gasteiger partial charge in [0.25, 0.3) is 0 Å². The molecule has 0 bridgehead atoms. The number of carbonyl (C=O) groups excluding carboxylic acids is 4. The summed E-state index contributed by atoms with van der Waals surface area (Å²) in [5, 5.41) is 0. The number of hydrogen-bond donors (Lipinski definition) is 0. The smallest absolute Gasteiger partial charge is 0.316 e. The van der Waals surface area contributed by atoms with Gasteiger partial charge in [0.1, 0.15) is 5.75 Å². The third kappa shape index (κ3) is 3.71. The first kappa shape index (κ1) is 22.1. The molecule has 0 spiro atoms. The van der Waals surface area contributed by atoms with Crippen molar-refractivity contribution < 1.29 is 23.9 Å². The molecule has 0 saturated carbocycles. The number of imide groups is 1. The largest absolute Gasteiger partial charge is 0.426 e. The number of hydrogen-bond acceptors (Lipinski definition) is 5. The molecule has 2 aromatic carbocycles. The number of ether oxygens (including phenoxy) is 1. The minimum Gasteiger partial charge on any atom is -0.426 e. The van der Waals surface area contributed by atoms with Gasteiger partial charge < -0.3 is 9.64 Å². The Balaban J connectivity index is 1.26. The molecule has 0 aromatic heterocycles. The van der Waals surface area contributed by atoms with Crippen LogP contribution >= 0.6 is 0 Å². The molecule has 0 radical (unpaired) electrons. The van der Waals surface area contributed by atoms with E-state index in [0.717, 1.165) is 11.3 Å². The number of aryl methyl sites for hydroxylation is 1. The Labute approximate surface area is 198 Å². The molecule has 3 amide bonds. The molecule has 2 saturated heterocycles. The summed E-state index contributed by atoms with van der Waals surface area (Å²) >= 11 is 0. The highest BCUT2D eigenvalue weighted by atomic mass is 16.5. The molecule has 2 heterocycles. The van der Waals surface area contributed by atoms with Gasteiger partial charge in [-0.15, -0.1) is 0 Å². The van der Waals surface area contributed by atoms with Crippen molar-refractivity contribution in [2.45, 2.75) is 26.7 Å². The fraction of sp³-hybridized carbons (Fsp3) is 0.333. The highest BCUT2D eigenvalue weighted by Gasteiger charge is 2.50. The number of para-hydroxylation sites is 1. The van der Waals surface area contributed by atoms with Gasteiger partial charge in [-0.25, -0.2) is 0 Å². The molecule has 3 aliphatic rings. The number of rotatable bonds is 4. The van der Waals surface area contributed by atoms with Crippen LogP contribution < -0.4 is 14.5 Å². The quantitative estimate of drug-likeness (QED) is 0.302. The molecule has 174 valence electrons. The van der Waals surface area contributed by atoms with E-state index in [-0.39, 0.29) is 48.4 Å². The Kier molecular flexibility index (Phi) is 5.55. The summed E-state index contributed by atoms with van der Waals surface area (Å²) in [6, 6.07) is 14.0. The number of carbonyl (C=O) groups is 4. The molecular weight excluding hydrogens is 432 g/mol. The Morgan fingerprint density at radius 3 is 2.44 bits per heavy atom. The van der Waals surface area contributed by atoms with Crippen LogP contribution in [-0.2, 0) is 19.2 Å². The van der Waals surface area contributed by atoms with Gasteiger partial charge in [-0.1, -0.05) is 37.3 Å². The van der Waals surface area contributed by atoms with Crippen LogP contribution in [-0.4, -0.2) is 30.2 Å². The first-order chi connectivity index (χ1) is 16.3. The van der Waals surface area contributed by atoms with Gasteiger partial charge in [0.05, 0.1) is 23.4 Å². The molecule has 2 aliphatic heterocycles. The Hall–Kier alpha value is -3.74. The Bertz CT molecular complexity index is 1200. The maximum absolute atomic E-state index is 12.9. The Morgan fingerprint density at radius 2 is 1.74 bits per heavy atom. The maximum atomic E-state index is 12.9. The number of benzene rings is 2. The molecule has 4 atom stereocenters. The van der Waals surface area contributed by atoms with E-state index in [1.54, 1.807) is 29.2 Å². The highest BCUT2D eigenvalue weighted by molar-refractivity contribution is 6.22. The van der Waals surface area contributed by atoms with Gasteiger partial charge in [0, 0.05) is 18.7 Å². The highest BCUT2D eigenvalue weighted by Crippen LogP contribution is 2.40. The van der Waals surface area contributed by atoms with Gasteiger partial charge in [-0.2, -0.15) is 0 Å². The van der Waals surface area contributed by atoms with Crippen LogP contribution in [0.25, 0.3) is 0 Å². The predicted octanol–water partition coefficient (Wildman–Crippen LogP) is 3.66. The standard InChI is InChI=1S/C27H26N2O5/c1-16-6-3-4-9-22(16)28-15-18(14-23(28)30)27(33)34-20-12-10-19(11-13-20)29-25(31)21-8-5-7-17(2)24(21)26(29)32/h3-7,9-13,17-18,21,24H,8,14-15H2,1-2H3/t17-,18+,21+,24-/m0/s1. The second-order valence-corrected chi connectivity index (χ2v) is 9.27. The molecule has 2 aromatic rings. The van der Waals surface area contributed by atoms with Crippen molar-refractivity contribution in [3.63, 3.8) is 0 Å². The fourth-order valence-corrected chi connectivity index (χ4v) is 5.23. The van der Waals surface area contributed by atoms with Gasteiger partial charge >= 0.3 is 5.97 Å². The van der Waals surface area contributed by atoms with Crippen molar-refractivity contribution in [2.75, 3.05) is 16.3 Å². The third-order valence-electron chi connectivity index (χ3n) is 7.05. The summed E-state index contributed by atoms with van der Waals surface area (Å²) in [6.07, 6.45) is 4.63. The minimum atomic E-state index is -0.564. The molecule has 5 rings (SSSR count). The Morgan fingerprint density at radius 1 is 1.00 bits per heavy atom. The van der Waals surface area contributed by atoms with E-state index in [1.807, 2.05) is 50.3 Å². The van der Waals surface area contributed by atoms with Gasteiger partial charge in [0.2, 0.25) is 17.7 Å². The zero-order valence-electron chi connectivity index (χ0n) is 19.1. The van der Waals surface area contributed by atoms with E-state index in [1.165, 1.54) is 4.90 Å². The van der Waals surface area contributed by atoms with Gasteiger partial charge in [0.15, 0.2) is 0 Å². The monoisotopic (exact) mass is 458 g/mol. The first-order valence-corrected chi connectivity index (χ1v) is 11.6. The van der Waals surface area contributed by atoms with Crippen LogP contribution in [0.15, 0.2) is 60.7 Å². The van der Waals surface area contributed by atoms with Crippen LogP contribution in [0, 0.1) is 30.6 Å². The zero-order chi connectivity index (χ0) is 24.0. The number of amides is 3. The molecule has 1 aliphatic carbocycles. The number of nitrogens with zero attached hydrogens (tertiary/aromatic N) is 2. The van der Waals surface area contributed by atoms with Crippen molar-refractivity contribution in [1.82, 2.24) is 0 Å². The molecule has 2 fully saturated rings. The fourth-order valence-electron chi connectivity index (χ4n) is 5.23. The molecule has 7 heteroatoms. The van der Waals surface area contributed by atoms with E-state index in [9.17, 15) is 19.2 Å². The number of fused-ring (bicyclic) bond motifs is 1. The second-order valence-electron chi connectivity index (χ2n) is 9.27. The zero-order valence-corrected chi connectivity index (χ0v) is 19.1. The van der Waals surface area contributed by atoms with Crippen molar-refractivity contribution in [1.29, 1.82) is 0 Å².